The van der Waals surface area contributed by atoms with E-state index in [0.29, 0.717) is 11.7 Å². The Morgan fingerprint density at radius 1 is 1.35 bits per heavy atom. The minimum absolute atomic E-state index is 0.0403. The van der Waals surface area contributed by atoms with E-state index in [4.69, 9.17) is 17.0 Å². The zero-order valence-corrected chi connectivity index (χ0v) is 14.1. The van der Waals surface area contributed by atoms with Crippen LogP contribution < -0.4 is 10.2 Å². The Morgan fingerprint density at radius 2 is 2.00 bits per heavy atom. The highest BCUT2D eigenvalue weighted by Crippen LogP contribution is 2.30. The summed E-state index contributed by atoms with van der Waals surface area (Å²) in [4.78, 5) is 16.6. The Bertz CT molecular complexity index is 625. The predicted octanol–water partition coefficient (Wildman–Crippen LogP) is 1.64. The number of benzene rings is 1. The average Bonchev–Trinajstić information content (AvgIpc) is 2.80. The van der Waals surface area contributed by atoms with Crippen LogP contribution in [0.15, 0.2) is 36.9 Å². The molecule has 2 aliphatic rings. The van der Waals surface area contributed by atoms with E-state index in [1.807, 2.05) is 19.1 Å². The Hall–Kier alpha value is -1.92. The molecule has 6 heteroatoms. The lowest BCUT2D eigenvalue weighted by Crippen LogP contribution is -2.41. The third-order valence-corrected chi connectivity index (χ3v) is 4.73. The van der Waals surface area contributed by atoms with Crippen molar-refractivity contribution in [1.82, 2.24) is 10.2 Å². The monoisotopic (exact) mass is 331 g/mol. The summed E-state index contributed by atoms with van der Waals surface area (Å²) in [5.41, 5.74) is 1.24. The number of nitrogens with one attached hydrogen (secondary N) is 1. The molecule has 0 aromatic heterocycles. The molecule has 0 spiro atoms. The molecule has 2 aliphatic heterocycles. The van der Waals surface area contributed by atoms with Gasteiger partial charge in [0.05, 0.1) is 13.2 Å². The maximum Gasteiger partial charge on any atom is 0.259 e. The van der Waals surface area contributed by atoms with Crippen molar-refractivity contribution in [1.29, 1.82) is 0 Å². The Morgan fingerprint density at radius 3 is 2.61 bits per heavy atom. The molecule has 2 saturated heterocycles. The molecule has 1 aromatic carbocycles. The summed E-state index contributed by atoms with van der Waals surface area (Å²) in [5, 5.41) is 3.61. The quantitative estimate of drug-likeness (QED) is 0.671. The summed E-state index contributed by atoms with van der Waals surface area (Å²) in [7, 11) is 0. The Labute approximate surface area is 141 Å². The zero-order valence-electron chi connectivity index (χ0n) is 13.2. The van der Waals surface area contributed by atoms with Gasteiger partial charge in [0.2, 0.25) is 0 Å². The van der Waals surface area contributed by atoms with Gasteiger partial charge in [0.1, 0.15) is 5.54 Å². The Kier molecular flexibility index (Phi) is 4.37. The molecule has 1 atom stereocenters. The first-order valence-electron chi connectivity index (χ1n) is 7.74. The van der Waals surface area contributed by atoms with E-state index in [0.717, 1.165) is 37.6 Å². The van der Waals surface area contributed by atoms with Gasteiger partial charge in [-0.3, -0.25) is 9.69 Å². The predicted molar refractivity (Wildman–Crippen MR) is 94.5 cm³/mol. The summed E-state index contributed by atoms with van der Waals surface area (Å²) < 4.78 is 5.38. The van der Waals surface area contributed by atoms with Crippen molar-refractivity contribution < 1.29 is 9.53 Å². The van der Waals surface area contributed by atoms with Crippen molar-refractivity contribution in [2.75, 3.05) is 37.7 Å². The van der Waals surface area contributed by atoms with Crippen LogP contribution in [0, 0.1) is 0 Å². The molecular weight excluding hydrogens is 310 g/mol. The highest BCUT2D eigenvalue weighted by Gasteiger charge is 2.46. The first-order valence-corrected chi connectivity index (χ1v) is 8.15. The van der Waals surface area contributed by atoms with E-state index in [1.165, 1.54) is 0 Å². The highest BCUT2D eigenvalue weighted by molar-refractivity contribution is 7.80. The van der Waals surface area contributed by atoms with E-state index in [9.17, 15) is 4.79 Å². The number of amides is 1. The number of anilines is 1. The smallest absolute Gasteiger partial charge is 0.259 e. The van der Waals surface area contributed by atoms with Crippen LogP contribution in [-0.4, -0.2) is 48.8 Å². The minimum Gasteiger partial charge on any atom is -0.378 e. The molecule has 1 amide bonds. The van der Waals surface area contributed by atoms with Crippen molar-refractivity contribution in [3.05, 3.63) is 42.5 Å². The first kappa shape index (κ1) is 16.0. The van der Waals surface area contributed by atoms with Crippen LogP contribution in [0.1, 0.15) is 12.5 Å². The van der Waals surface area contributed by atoms with Crippen LogP contribution in [0.25, 0.3) is 0 Å². The lowest BCUT2D eigenvalue weighted by Gasteiger charge is -2.29. The van der Waals surface area contributed by atoms with Gasteiger partial charge >= 0.3 is 0 Å². The van der Waals surface area contributed by atoms with Gasteiger partial charge in [-0.15, -0.1) is 6.58 Å². The van der Waals surface area contributed by atoms with Gasteiger partial charge in [-0.1, -0.05) is 18.2 Å². The van der Waals surface area contributed by atoms with Crippen LogP contribution in [0.4, 0.5) is 5.69 Å². The summed E-state index contributed by atoms with van der Waals surface area (Å²) in [6.07, 6.45) is 1.68. The summed E-state index contributed by atoms with van der Waals surface area (Å²) in [5.74, 6) is -0.0403. The second kappa shape index (κ2) is 6.29. The molecule has 2 fully saturated rings. The van der Waals surface area contributed by atoms with E-state index < -0.39 is 5.54 Å². The fourth-order valence-corrected chi connectivity index (χ4v) is 3.38. The van der Waals surface area contributed by atoms with E-state index in [-0.39, 0.29) is 5.91 Å². The number of nitrogens with zero attached hydrogens (tertiary/aromatic N) is 2. The second-order valence-electron chi connectivity index (χ2n) is 5.91. The highest BCUT2D eigenvalue weighted by atomic mass is 32.1. The minimum atomic E-state index is -0.816. The third kappa shape index (κ3) is 2.84. The molecule has 122 valence electrons. The number of ether oxygens (including phenoxy) is 1. The molecule has 23 heavy (non-hydrogen) atoms. The van der Waals surface area contributed by atoms with Crippen LogP contribution in [0.3, 0.4) is 0 Å². The van der Waals surface area contributed by atoms with E-state index >= 15 is 0 Å². The van der Waals surface area contributed by atoms with Crippen molar-refractivity contribution in [2.24, 2.45) is 0 Å². The lowest BCUT2D eigenvalue weighted by atomic mass is 9.92. The standard InChI is InChI=1S/C17H21N3O2S/c1-3-8-20-15(21)17(2,18-16(20)23)13-4-6-14(7-5-13)19-9-11-22-12-10-19/h3-7H,1,8-12H2,2H3,(H,18,23). The van der Waals surface area contributed by atoms with Crippen LogP contribution in [-0.2, 0) is 15.1 Å². The largest absolute Gasteiger partial charge is 0.378 e. The van der Waals surface area contributed by atoms with Gasteiger partial charge < -0.3 is 15.0 Å². The molecule has 0 saturated carbocycles. The zero-order chi connectivity index (χ0) is 16.4. The summed E-state index contributed by atoms with van der Waals surface area (Å²) in [6.45, 7) is 9.27. The SMILES string of the molecule is C=CCN1C(=O)C(C)(c2ccc(N3CCOCC3)cc2)NC1=S. The molecule has 5 nitrogen and oxygen atoms in total. The molecule has 2 heterocycles. The third-order valence-electron chi connectivity index (χ3n) is 4.41. The van der Waals surface area contributed by atoms with Gasteiger partial charge in [-0.2, -0.15) is 0 Å². The van der Waals surface area contributed by atoms with Gasteiger partial charge in [-0.25, -0.2) is 0 Å². The maximum atomic E-state index is 12.7. The van der Waals surface area contributed by atoms with Crippen molar-refractivity contribution >= 4 is 28.9 Å². The topological polar surface area (TPSA) is 44.8 Å². The number of carbonyl (C=O) groups is 1. The summed E-state index contributed by atoms with van der Waals surface area (Å²) >= 11 is 5.28. The van der Waals surface area contributed by atoms with Crippen LogP contribution in [0.2, 0.25) is 0 Å². The normalized spacial score (nSPS) is 24.7. The molecular formula is C17H21N3O2S. The fraction of sp³-hybridized carbons (Fsp3) is 0.412. The van der Waals surface area contributed by atoms with Crippen LogP contribution in [0.5, 0.6) is 0 Å². The molecule has 1 unspecified atom stereocenters. The molecule has 3 rings (SSSR count). The molecule has 1 N–H and O–H groups in total. The number of carbonyl (C=O) groups excluding carboxylic acids is 1. The van der Waals surface area contributed by atoms with Crippen molar-refractivity contribution in [3.63, 3.8) is 0 Å². The number of hydrogen-bond donors (Lipinski definition) is 1. The number of thiocarbonyl (C=S) groups is 1. The molecule has 1 aromatic rings. The van der Waals surface area contributed by atoms with E-state index in [2.05, 4.69) is 28.9 Å². The summed E-state index contributed by atoms with van der Waals surface area (Å²) in [6, 6.07) is 8.10. The second-order valence-corrected chi connectivity index (χ2v) is 6.29. The number of morpholine rings is 1. The number of rotatable bonds is 4. The van der Waals surface area contributed by atoms with Gasteiger partial charge in [0.15, 0.2) is 5.11 Å². The van der Waals surface area contributed by atoms with Gasteiger partial charge in [-0.05, 0) is 36.8 Å². The average molecular weight is 331 g/mol. The molecule has 0 bridgehead atoms. The van der Waals surface area contributed by atoms with Crippen LogP contribution >= 0.6 is 12.2 Å². The molecule has 0 radical (unpaired) electrons. The Balaban J connectivity index is 1.82. The van der Waals surface area contributed by atoms with Crippen molar-refractivity contribution in [3.8, 4) is 0 Å². The fourth-order valence-electron chi connectivity index (χ4n) is 3.01. The lowest BCUT2D eigenvalue weighted by molar-refractivity contribution is -0.130. The van der Waals surface area contributed by atoms with E-state index in [1.54, 1.807) is 11.0 Å². The van der Waals surface area contributed by atoms with Gasteiger partial charge in [0.25, 0.3) is 5.91 Å². The first-order chi connectivity index (χ1) is 11.1. The maximum absolute atomic E-state index is 12.7. The number of hydrogen-bond acceptors (Lipinski definition) is 4. The molecule has 0 aliphatic carbocycles. The van der Waals surface area contributed by atoms with Crippen molar-refractivity contribution in [2.45, 2.75) is 12.5 Å². The van der Waals surface area contributed by atoms with Gasteiger partial charge in [0, 0.05) is 25.3 Å².